The Kier molecular flexibility index (Phi) is 20.0. The van der Waals surface area contributed by atoms with Crippen molar-refractivity contribution in [3.63, 3.8) is 0 Å². The van der Waals surface area contributed by atoms with Crippen LogP contribution in [0.4, 0.5) is 0 Å². The lowest BCUT2D eigenvalue weighted by Gasteiger charge is -2.43. The van der Waals surface area contributed by atoms with E-state index < -0.39 is 17.1 Å². The first kappa shape index (κ1) is 31.8. The van der Waals surface area contributed by atoms with E-state index in [0.29, 0.717) is 0 Å². The van der Waals surface area contributed by atoms with E-state index in [9.17, 15) is 0 Å². The molecule has 0 aromatic heterocycles. The highest BCUT2D eigenvalue weighted by atomic mass is 28.4. The zero-order valence-electron chi connectivity index (χ0n) is 22.4. The Morgan fingerprint density at radius 2 is 0.844 bits per heavy atom. The summed E-state index contributed by atoms with van der Waals surface area (Å²) in [5.41, 5.74) is 4.67. The van der Waals surface area contributed by atoms with Crippen LogP contribution >= 0.6 is 0 Å². The molecule has 32 heavy (non-hydrogen) atoms. The van der Waals surface area contributed by atoms with E-state index in [1.54, 1.807) is 0 Å². The summed E-state index contributed by atoms with van der Waals surface area (Å²) >= 11 is 0. The van der Waals surface area contributed by atoms with E-state index >= 15 is 0 Å². The van der Waals surface area contributed by atoms with Gasteiger partial charge in [0.25, 0.3) is 0 Å². The number of hydrogen-bond acceptors (Lipinski definition) is 4. The van der Waals surface area contributed by atoms with Crippen molar-refractivity contribution in [3.05, 3.63) is 23.6 Å². The minimum atomic E-state index is -2.74. The predicted octanol–water partition coefficient (Wildman–Crippen LogP) is 8.08. The highest BCUT2D eigenvalue weighted by Crippen LogP contribution is 2.41. The smallest absolute Gasteiger partial charge is 0.370 e. The average molecular weight is 487 g/mol. The Balaban J connectivity index is 6.69. The Morgan fingerprint density at radius 1 is 0.500 bits per heavy atom. The second-order valence-corrected chi connectivity index (χ2v) is 15.2. The van der Waals surface area contributed by atoms with Gasteiger partial charge in [-0.05, 0) is 56.3 Å². The molecule has 0 heterocycles. The van der Waals surface area contributed by atoms with Gasteiger partial charge in [-0.1, -0.05) is 79.9 Å². The lowest BCUT2D eigenvalue weighted by molar-refractivity contribution is 0.144. The van der Waals surface area contributed by atoms with Crippen LogP contribution in [0.2, 0.25) is 5.16 Å². The van der Waals surface area contributed by atoms with E-state index in [0.717, 1.165) is 90.6 Å². The van der Waals surface area contributed by atoms with E-state index in [1.807, 2.05) is 0 Å². The van der Waals surface area contributed by atoms with Gasteiger partial charge in [-0.15, -0.1) is 0 Å². The molecule has 0 atom stereocenters. The molecule has 0 saturated heterocycles. The minimum absolute atomic E-state index is 0.164. The summed E-state index contributed by atoms with van der Waals surface area (Å²) in [7, 11) is -5.48. The molecule has 0 saturated carbocycles. The maximum atomic E-state index is 6.79. The molecule has 0 aliphatic rings. The van der Waals surface area contributed by atoms with Gasteiger partial charge in [-0.25, -0.2) is 0 Å². The maximum Gasteiger partial charge on any atom is 0.370 e. The third-order valence-corrected chi connectivity index (χ3v) is 14.2. The van der Waals surface area contributed by atoms with Gasteiger partial charge in [-0.3, -0.25) is 0 Å². The van der Waals surface area contributed by atoms with Crippen LogP contribution in [-0.2, 0) is 17.7 Å². The van der Waals surface area contributed by atoms with Gasteiger partial charge in [0, 0.05) is 26.4 Å². The Labute approximate surface area is 202 Å². The molecule has 0 rings (SSSR count). The van der Waals surface area contributed by atoms with Crippen LogP contribution in [0, 0.1) is 0 Å². The summed E-state index contributed by atoms with van der Waals surface area (Å²) in [5, 5.41) is 0.164. The molecule has 4 nitrogen and oxygen atoms in total. The third kappa shape index (κ3) is 11.3. The standard InChI is InChI=1S/C26H54O4Si2/c1-8-15-17-24-31(27-20-11-4,28-21-12-5)26(19-10-3)32(29-22-13-6,30-23-14-7)25-18-16-9-2/h17-18,24-26H,8-16,19-23H2,1-7H3. The van der Waals surface area contributed by atoms with Gasteiger partial charge in [0.2, 0.25) is 0 Å². The molecule has 190 valence electrons. The summed E-state index contributed by atoms with van der Waals surface area (Å²) in [6, 6.07) is 0. The molecule has 0 bridgehead atoms. The first-order chi connectivity index (χ1) is 15.6. The van der Waals surface area contributed by atoms with Crippen molar-refractivity contribution in [3.8, 4) is 0 Å². The zero-order chi connectivity index (χ0) is 24.1. The van der Waals surface area contributed by atoms with Gasteiger partial charge in [0.05, 0.1) is 5.16 Å². The van der Waals surface area contributed by atoms with Crippen LogP contribution in [-0.4, -0.2) is 43.5 Å². The molecular formula is C26H54O4Si2. The van der Waals surface area contributed by atoms with E-state index in [2.05, 4.69) is 72.0 Å². The molecule has 0 unspecified atom stereocenters. The predicted molar refractivity (Wildman–Crippen MR) is 143 cm³/mol. The number of hydrogen-bond donors (Lipinski definition) is 0. The number of rotatable bonds is 22. The summed E-state index contributed by atoms with van der Waals surface area (Å²) in [6.07, 6.45) is 14.9. The van der Waals surface area contributed by atoms with Crippen LogP contribution in [0.3, 0.4) is 0 Å². The van der Waals surface area contributed by atoms with E-state index in [4.69, 9.17) is 17.7 Å². The van der Waals surface area contributed by atoms with Crippen LogP contribution < -0.4 is 0 Å². The lowest BCUT2D eigenvalue weighted by atomic mass is 10.3. The molecule has 0 radical (unpaired) electrons. The second kappa shape index (κ2) is 20.2. The molecule has 0 N–H and O–H groups in total. The Hall–Kier alpha value is -0.246. The minimum Gasteiger partial charge on any atom is -0.391 e. The number of allylic oxidation sites excluding steroid dienone is 2. The highest BCUT2D eigenvalue weighted by Gasteiger charge is 2.58. The summed E-state index contributed by atoms with van der Waals surface area (Å²) in [4.78, 5) is 0. The normalized spacial score (nSPS) is 14.1. The van der Waals surface area contributed by atoms with Crippen molar-refractivity contribution < 1.29 is 17.7 Å². The third-order valence-electron chi connectivity index (χ3n) is 5.29. The van der Waals surface area contributed by atoms with Gasteiger partial charge in [0.15, 0.2) is 0 Å². The zero-order valence-corrected chi connectivity index (χ0v) is 24.4. The van der Waals surface area contributed by atoms with Crippen molar-refractivity contribution >= 4 is 17.1 Å². The molecule has 0 aromatic rings. The van der Waals surface area contributed by atoms with Crippen LogP contribution in [0.25, 0.3) is 0 Å². The largest absolute Gasteiger partial charge is 0.391 e. The van der Waals surface area contributed by atoms with Crippen LogP contribution in [0.15, 0.2) is 23.6 Å². The molecule has 0 aliphatic carbocycles. The first-order valence-electron chi connectivity index (χ1n) is 13.5. The number of unbranched alkanes of at least 4 members (excludes halogenated alkanes) is 2. The monoisotopic (exact) mass is 486 g/mol. The van der Waals surface area contributed by atoms with Crippen LogP contribution in [0.1, 0.15) is 113 Å². The topological polar surface area (TPSA) is 36.9 Å². The van der Waals surface area contributed by atoms with Gasteiger partial charge >= 0.3 is 17.1 Å². The fraction of sp³-hybridized carbons (Fsp3) is 0.846. The van der Waals surface area contributed by atoms with Crippen molar-refractivity contribution in [2.24, 2.45) is 0 Å². The summed E-state index contributed by atoms with van der Waals surface area (Å²) < 4.78 is 27.1. The molecule has 0 aliphatic heterocycles. The molecule has 0 spiro atoms. The molecule has 0 fully saturated rings. The van der Waals surface area contributed by atoms with Gasteiger partial charge < -0.3 is 17.7 Å². The van der Waals surface area contributed by atoms with E-state index in [1.165, 1.54) is 0 Å². The second-order valence-electron chi connectivity index (χ2n) is 8.56. The SMILES string of the molecule is CCCC=C[Si](OCCC)(OCCC)C(CCC)[Si](C=CCCC)(OCCC)OCCC. The molecule has 0 aromatic carbocycles. The fourth-order valence-corrected chi connectivity index (χ4v) is 13.9. The van der Waals surface area contributed by atoms with Crippen molar-refractivity contribution in [1.82, 2.24) is 0 Å². The summed E-state index contributed by atoms with van der Waals surface area (Å²) in [6.45, 7) is 18.3. The summed E-state index contributed by atoms with van der Waals surface area (Å²) in [5.74, 6) is 0. The first-order valence-corrected chi connectivity index (χ1v) is 17.4. The van der Waals surface area contributed by atoms with E-state index in [-0.39, 0.29) is 5.16 Å². The maximum absolute atomic E-state index is 6.79. The molecule has 0 amide bonds. The lowest BCUT2D eigenvalue weighted by Crippen LogP contribution is -2.60. The van der Waals surface area contributed by atoms with Crippen molar-refractivity contribution in [2.45, 2.75) is 118 Å². The molecular weight excluding hydrogens is 432 g/mol. The van der Waals surface area contributed by atoms with Crippen molar-refractivity contribution in [1.29, 1.82) is 0 Å². The van der Waals surface area contributed by atoms with Crippen LogP contribution in [0.5, 0.6) is 0 Å². The Bertz CT molecular complexity index is 426. The fourth-order valence-electron chi connectivity index (χ4n) is 3.76. The quantitative estimate of drug-likeness (QED) is 0.145. The molecule has 6 heteroatoms. The average Bonchev–Trinajstić information content (AvgIpc) is 2.81. The van der Waals surface area contributed by atoms with Crippen molar-refractivity contribution in [2.75, 3.05) is 26.4 Å². The Morgan fingerprint density at radius 3 is 1.09 bits per heavy atom. The highest BCUT2D eigenvalue weighted by molar-refractivity contribution is 6.93. The van der Waals surface area contributed by atoms with Gasteiger partial charge in [0.1, 0.15) is 0 Å². The van der Waals surface area contributed by atoms with Gasteiger partial charge in [-0.2, -0.15) is 0 Å².